The summed E-state index contributed by atoms with van der Waals surface area (Å²) in [6.07, 6.45) is 0. The minimum absolute atomic E-state index is 0.0494. The van der Waals surface area contributed by atoms with Gasteiger partial charge in [-0.3, -0.25) is 0 Å². The van der Waals surface area contributed by atoms with Gasteiger partial charge in [0.05, 0.1) is 19.5 Å². The summed E-state index contributed by atoms with van der Waals surface area (Å²) < 4.78 is 10.0. The predicted molar refractivity (Wildman–Crippen MR) is 71.5 cm³/mol. The van der Waals surface area contributed by atoms with E-state index < -0.39 is 6.04 Å². The Kier molecular flexibility index (Phi) is 3.18. The first-order valence-electron chi connectivity index (χ1n) is 6.01. The molecule has 2 aliphatic rings. The van der Waals surface area contributed by atoms with Gasteiger partial charge in [-0.15, -0.1) is 11.8 Å². The standard InChI is InChI=1S/C13H14N2O3S/c1-17-8-3-4-9-7(5-8)6-19-12-10(9)14-15-11(12)13(16)18-2/h3-5,10-12H,6H2,1-2H3. The number of hydrogen-bond donors (Lipinski definition) is 0. The molecule has 6 heteroatoms. The van der Waals surface area contributed by atoms with E-state index in [0.29, 0.717) is 0 Å². The molecule has 0 amide bonds. The molecule has 3 unspecified atom stereocenters. The van der Waals surface area contributed by atoms with Gasteiger partial charge in [0.15, 0.2) is 6.04 Å². The van der Waals surface area contributed by atoms with Crippen LogP contribution >= 0.6 is 11.8 Å². The van der Waals surface area contributed by atoms with Crippen molar-refractivity contribution in [3.05, 3.63) is 29.3 Å². The molecular weight excluding hydrogens is 264 g/mol. The van der Waals surface area contributed by atoms with Crippen molar-refractivity contribution in [2.45, 2.75) is 23.1 Å². The number of methoxy groups -OCH3 is 2. The summed E-state index contributed by atoms with van der Waals surface area (Å²) in [5.74, 6) is 1.38. The lowest BCUT2D eigenvalue weighted by Gasteiger charge is -2.27. The second-order valence-electron chi connectivity index (χ2n) is 4.48. The van der Waals surface area contributed by atoms with Gasteiger partial charge in [-0.1, -0.05) is 6.07 Å². The summed E-state index contributed by atoms with van der Waals surface area (Å²) in [5.41, 5.74) is 2.34. The molecule has 3 rings (SSSR count). The van der Waals surface area contributed by atoms with E-state index in [9.17, 15) is 4.79 Å². The van der Waals surface area contributed by atoms with Crippen molar-refractivity contribution >= 4 is 17.7 Å². The Balaban J connectivity index is 1.92. The molecular formula is C13H14N2O3S. The van der Waals surface area contributed by atoms with Gasteiger partial charge in [0.25, 0.3) is 0 Å². The fraction of sp³-hybridized carbons (Fsp3) is 0.462. The number of azo groups is 1. The van der Waals surface area contributed by atoms with Gasteiger partial charge in [0, 0.05) is 5.75 Å². The lowest BCUT2D eigenvalue weighted by Crippen LogP contribution is -2.33. The Morgan fingerprint density at radius 3 is 2.95 bits per heavy atom. The van der Waals surface area contributed by atoms with Gasteiger partial charge in [0.1, 0.15) is 11.8 Å². The number of carbonyl (C=O) groups excluding carboxylic acids is 1. The molecule has 2 aliphatic heterocycles. The second-order valence-corrected chi connectivity index (χ2v) is 5.65. The molecule has 1 aromatic rings. The molecule has 0 radical (unpaired) electrons. The maximum atomic E-state index is 11.7. The number of benzene rings is 1. The van der Waals surface area contributed by atoms with Crippen molar-refractivity contribution in [1.29, 1.82) is 0 Å². The van der Waals surface area contributed by atoms with E-state index in [1.807, 2.05) is 18.2 Å². The highest BCUT2D eigenvalue weighted by Gasteiger charge is 2.44. The third-order valence-corrected chi connectivity index (χ3v) is 4.86. The van der Waals surface area contributed by atoms with E-state index in [4.69, 9.17) is 9.47 Å². The minimum Gasteiger partial charge on any atom is -0.497 e. The number of fused-ring (bicyclic) bond motifs is 3. The molecule has 0 spiro atoms. The van der Waals surface area contributed by atoms with Crippen molar-refractivity contribution in [2.75, 3.05) is 14.2 Å². The van der Waals surface area contributed by atoms with E-state index in [2.05, 4.69) is 10.2 Å². The molecule has 0 aliphatic carbocycles. The van der Waals surface area contributed by atoms with Crippen LogP contribution in [-0.2, 0) is 15.3 Å². The van der Waals surface area contributed by atoms with Crippen LogP contribution in [0.1, 0.15) is 17.2 Å². The summed E-state index contributed by atoms with van der Waals surface area (Å²) in [4.78, 5) is 11.7. The highest BCUT2D eigenvalue weighted by molar-refractivity contribution is 7.99. The average molecular weight is 278 g/mol. The number of esters is 1. The van der Waals surface area contributed by atoms with Crippen LogP contribution in [0.5, 0.6) is 5.75 Å². The number of ether oxygens (including phenoxy) is 2. The Hall–Kier alpha value is -1.56. The molecule has 0 saturated heterocycles. The second kappa shape index (κ2) is 4.85. The van der Waals surface area contributed by atoms with Gasteiger partial charge in [0.2, 0.25) is 0 Å². The van der Waals surface area contributed by atoms with Crippen molar-refractivity contribution in [3.8, 4) is 5.75 Å². The normalized spacial score (nSPS) is 27.6. The third kappa shape index (κ3) is 2.00. The van der Waals surface area contributed by atoms with E-state index in [1.54, 1.807) is 18.9 Å². The van der Waals surface area contributed by atoms with Crippen LogP contribution in [-0.4, -0.2) is 31.5 Å². The lowest BCUT2D eigenvalue weighted by molar-refractivity contribution is -0.141. The summed E-state index contributed by atoms with van der Waals surface area (Å²) in [7, 11) is 3.04. The molecule has 0 aromatic heterocycles. The molecule has 5 nitrogen and oxygen atoms in total. The Morgan fingerprint density at radius 2 is 2.21 bits per heavy atom. The number of carbonyl (C=O) groups is 1. The molecule has 19 heavy (non-hydrogen) atoms. The SMILES string of the molecule is COC(=O)C1N=NC2c3ccc(OC)cc3CSC12. The number of thioether (sulfide) groups is 1. The monoisotopic (exact) mass is 278 g/mol. The number of rotatable bonds is 2. The maximum absolute atomic E-state index is 11.7. The Labute approximate surface area is 115 Å². The molecule has 0 bridgehead atoms. The predicted octanol–water partition coefficient (Wildman–Crippen LogP) is 2.36. The fourth-order valence-corrected chi connectivity index (χ4v) is 3.83. The van der Waals surface area contributed by atoms with Gasteiger partial charge in [-0.05, 0) is 23.3 Å². The highest BCUT2D eigenvalue weighted by Crippen LogP contribution is 2.46. The highest BCUT2D eigenvalue weighted by atomic mass is 32.2. The topological polar surface area (TPSA) is 60.2 Å². The van der Waals surface area contributed by atoms with Crippen LogP contribution in [0.4, 0.5) is 0 Å². The zero-order valence-electron chi connectivity index (χ0n) is 10.7. The molecule has 100 valence electrons. The summed E-state index contributed by atoms with van der Waals surface area (Å²) in [5, 5.41) is 8.41. The Bertz CT molecular complexity index is 547. The maximum Gasteiger partial charge on any atom is 0.333 e. The van der Waals surface area contributed by atoms with Crippen molar-refractivity contribution in [2.24, 2.45) is 10.2 Å². The average Bonchev–Trinajstić information content (AvgIpc) is 2.89. The zero-order chi connectivity index (χ0) is 13.4. The van der Waals surface area contributed by atoms with Crippen LogP contribution in [0.15, 0.2) is 28.4 Å². The van der Waals surface area contributed by atoms with E-state index in [-0.39, 0.29) is 17.3 Å². The van der Waals surface area contributed by atoms with Crippen molar-refractivity contribution in [3.63, 3.8) is 0 Å². The molecule has 0 saturated carbocycles. The zero-order valence-corrected chi connectivity index (χ0v) is 11.5. The van der Waals surface area contributed by atoms with E-state index in [0.717, 1.165) is 17.1 Å². The van der Waals surface area contributed by atoms with Gasteiger partial charge in [-0.2, -0.15) is 10.2 Å². The quantitative estimate of drug-likeness (QED) is 0.779. The smallest absolute Gasteiger partial charge is 0.333 e. The van der Waals surface area contributed by atoms with Crippen LogP contribution in [0.3, 0.4) is 0 Å². The van der Waals surface area contributed by atoms with E-state index >= 15 is 0 Å². The van der Waals surface area contributed by atoms with Crippen molar-refractivity contribution < 1.29 is 14.3 Å². The van der Waals surface area contributed by atoms with Crippen LogP contribution < -0.4 is 4.74 Å². The molecule has 1 aromatic carbocycles. The molecule has 3 atom stereocenters. The molecule has 0 fully saturated rings. The summed E-state index contributed by atoms with van der Waals surface area (Å²) in [6.45, 7) is 0. The van der Waals surface area contributed by atoms with Gasteiger partial charge in [-0.25, -0.2) is 4.79 Å². The van der Waals surface area contributed by atoms with Crippen molar-refractivity contribution in [1.82, 2.24) is 0 Å². The summed E-state index contributed by atoms with van der Waals surface area (Å²) >= 11 is 1.70. The third-order valence-electron chi connectivity index (χ3n) is 3.48. The molecule has 2 heterocycles. The number of hydrogen-bond acceptors (Lipinski definition) is 6. The largest absolute Gasteiger partial charge is 0.497 e. The number of nitrogens with zero attached hydrogens (tertiary/aromatic N) is 2. The molecule has 0 N–H and O–H groups in total. The first kappa shape index (κ1) is 12.5. The van der Waals surface area contributed by atoms with E-state index in [1.165, 1.54) is 12.7 Å². The minimum atomic E-state index is -0.477. The first-order valence-corrected chi connectivity index (χ1v) is 7.05. The lowest BCUT2D eigenvalue weighted by atomic mass is 9.96. The first-order chi connectivity index (χ1) is 9.24. The Morgan fingerprint density at radius 1 is 1.37 bits per heavy atom. The van der Waals surface area contributed by atoms with Gasteiger partial charge < -0.3 is 9.47 Å². The van der Waals surface area contributed by atoms with Crippen LogP contribution in [0, 0.1) is 0 Å². The van der Waals surface area contributed by atoms with Gasteiger partial charge >= 0.3 is 5.97 Å². The van der Waals surface area contributed by atoms with Crippen LogP contribution in [0.25, 0.3) is 0 Å². The van der Waals surface area contributed by atoms with Crippen LogP contribution in [0.2, 0.25) is 0 Å². The summed E-state index contributed by atoms with van der Waals surface area (Å²) in [6, 6.07) is 5.44. The fourth-order valence-electron chi connectivity index (χ4n) is 2.48.